The molecule has 1 aromatic heterocycles. The van der Waals surface area contributed by atoms with Crippen LogP contribution in [-0.4, -0.2) is 10.8 Å². The van der Waals surface area contributed by atoms with E-state index in [-0.39, 0.29) is 10.6 Å². The number of halogens is 2. The van der Waals surface area contributed by atoms with Gasteiger partial charge in [-0.15, -0.1) is 0 Å². The van der Waals surface area contributed by atoms with E-state index in [0.717, 1.165) is 0 Å². The molecule has 0 saturated heterocycles. The lowest BCUT2D eigenvalue weighted by Crippen LogP contribution is -2.03. The number of carbonyl (C=O) groups excluding carboxylic acids is 1. The maximum Gasteiger partial charge on any atom is 0.196 e. The van der Waals surface area contributed by atoms with Crippen molar-refractivity contribution in [2.75, 3.05) is 0 Å². The number of fused-ring (bicyclic) bond motifs is 1. The van der Waals surface area contributed by atoms with Crippen LogP contribution < -0.4 is 0 Å². The molecule has 1 heterocycles. The second-order valence-electron chi connectivity index (χ2n) is 4.47. The highest BCUT2D eigenvalue weighted by Gasteiger charge is 2.20. The molecular weight excluding hydrogens is 291 g/mol. The van der Waals surface area contributed by atoms with Gasteiger partial charge in [0.1, 0.15) is 5.82 Å². The molecule has 0 saturated carbocycles. The normalized spacial score (nSPS) is 10.5. The van der Waals surface area contributed by atoms with E-state index in [1.165, 1.54) is 24.4 Å². The van der Waals surface area contributed by atoms with Crippen LogP contribution in [0.3, 0.4) is 0 Å². The van der Waals surface area contributed by atoms with Gasteiger partial charge in [-0.05, 0) is 24.3 Å². The Hall–Kier alpha value is -2.64. The molecule has 0 radical (unpaired) electrons. The first kappa shape index (κ1) is 13.3. The molecule has 102 valence electrons. The minimum atomic E-state index is -0.650. The van der Waals surface area contributed by atoms with Crippen molar-refractivity contribution in [3.63, 3.8) is 0 Å². The molecule has 5 heteroatoms. The van der Waals surface area contributed by atoms with Gasteiger partial charge in [0.15, 0.2) is 5.78 Å². The smallest absolute Gasteiger partial charge is 0.196 e. The number of rotatable bonds is 2. The number of nitriles is 1. The Bertz CT molecular complexity index is 908. The second kappa shape index (κ2) is 5.04. The molecule has 0 spiro atoms. The van der Waals surface area contributed by atoms with Crippen LogP contribution in [0.1, 0.15) is 21.5 Å². The summed E-state index contributed by atoms with van der Waals surface area (Å²) in [4.78, 5) is 15.5. The Morgan fingerprint density at radius 1 is 1.19 bits per heavy atom. The van der Waals surface area contributed by atoms with Gasteiger partial charge >= 0.3 is 0 Å². The summed E-state index contributed by atoms with van der Waals surface area (Å²) in [7, 11) is 0. The van der Waals surface area contributed by atoms with Crippen molar-refractivity contribution in [1.29, 1.82) is 5.26 Å². The van der Waals surface area contributed by atoms with Crippen molar-refractivity contribution in [2.24, 2.45) is 0 Å². The molecule has 0 aliphatic heterocycles. The van der Waals surface area contributed by atoms with E-state index in [2.05, 4.69) is 4.98 Å². The zero-order valence-electron chi connectivity index (χ0n) is 10.7. The molecule has 0 amide bonds. The molecule has 3 nitrogen and oxygen atoms in total. The molecule has 0 fully saturated rings. The average Bonchev–Trinajstić information content (AvgIpc) is 2.93. The lowest BCUT2D eigenvalue weighted by Gasteiger charge is -2.04. The predicted molar refractivity (Wildman–Crippen MR) is 77.9 cm³/mol. The van der Waals surface area contributed by atoms with Crippen molar-refractivity contribution >= 4 is 28.3 Å². The molecule has 0 unspecified atom stereocenters. The number of ketones is 1. The average molecular weight is 299 g/mol. The summed E-state index contributed by atoms with van der Waals surface area (Å²) in [6.07, 6.45) is 1.51. The lowest BCUT2D eigenvalue weighted by atomic mass is 10.00. The third-order valence-corrected chi connectivity index (χ3v) is 3.65. The molecule has 3 aromatic rings. The molecule has 3 rings (SSSR count). The van der Waals surface area contributed by atoms with Crippen LogP contribution in [0.2, 0.25) is 5.02 Å². The zero-order chi connectivity index (χ0) is 15.0. The van der Waals surface area contributed by atoms with Crippen molar-refractivity contribution in [3.05, 3.63) is 70.1 Å². The molecule has 21 heavy (non-hydrogen) atoms. The highest BCUT2D eigenvalue weighted by atomic mass is 35.5. The van der Waals surface area contributed by atoms with Crippen molar-refractivity contribution in [2.45, 2.75) is 0 Å². The van der Waals surface area contributed by atoms with Crippen LogP contribution in [0, 0.1) is 17.1 Å². The van der Waals surface area contributed by atoms with Gasteiger partial charge in [0.2, 0.25) is 0 Å². The lowest BCUT2D eigenvalue weighted by molar-refractivity contribution is 0.104. The van der Waals surface area contributed by atoms with Crippen molar-refractivity contribution < 1.29 is 9.18 Å². The van der Waals surface area contributed by atoms with Gasteiger partial charge in [-0.3, -0.25) is 4.79 Å². The first-order valence-electron chi connectivity index (χ1n) is 6.12. The van der Waals surface area contributed by atoms with E-state index in [1.54, 1.807) is 18.2 Å². The number of H-pyrrole nitrogens is 1. The SMILES string of the molecule is N#Cc1cccc2[nH]cc(C(=O)c3cccc(F)c3Cl)c12. The van der Waals surface area contributed by atoms with Crippen LogP contribution in [0.4, 0.5) is 4.39 Å². The van der Waals surface area contributed by atoms with E-state index in [1.807, 2.05) is 6.07 Å². The van der Waals surface area contributed by atoms with E-state index < -0.39 is 11.6 Å². The topological polar surface area (TPSA) is 56.6 Å². The highest BCUT2D eigenvalue weighted by molar-refractivity contribution is 6.35. The summed E-state index contributed by atoms with van der Waals surface area (Å²) < 4.78 is 13.5. The zero-order valence-corrected chi connectivity index (χ0v) is 11.4. The van der Waals surface area contributed by atoms with Gasteiger partial charge in [0, 0.05) is 28.2 Å². The Kier molecular flexibility index (Phi) is 3.20. The van der Waals surface area contributed by atoms with Crippen LogP contribution in [0.15, 0.2) is 42.6 Å². The maximum atomic E-state index is 13.5. The molecule has 0 bridgehead atoms. The fraction of sp³-hybridized carbons (Fsp3) is 0. The Morgan fingerprint density at radius 2 is 1.95 bits per heavy atom. The highest BCUT2D eigenvalue weighted by Crippen LogP contribution is 2.28. The Balaban J connectivity index is 2.24. The standard InChI is InChI=1S/C16H8ClFN2O/c17-15-10(4-2-5-12(15)18)16(21)11-8-20-13-6-1-3-9(7-19)14(11)13/h1-6,8,20H. The van der Waals surface area contributed by atoms with E-state index in [4.69, 9.17) is 16.9 Å². The van der Waals surface area contributed by atoms with Crippen LogP contribution in [-0.2, 0) is 0 Å². The molecule has 2 aromatic carbocycles. The molecule has 0 atom stereocenters. The quantitative estimate of drug-likeness (QED) is 0.725. The Labute approximate surface area is 124 Å². The fourth-order valence-corrected chi connectivity index (χ4v) is 2.49. The van der Waals surface area contributed by atoms with Gasteiger partial charge in [-0.1, -0.05) is 23.7 Å². The first-order valence-corrected chi connectivity index (χ1v) is 6.50. The van der Waals surface area contributed by atoms with Crippen LogP contribution in [0.25, 0.3) is 10.9 Å². The minimum absolute atomic E-state index is 0.0744. The molecule has 0 aliphatic rings. The number of nitrogens with zero attached hydrogens (tertiary/aromatic N) is 1. The molecule has 0 aliphatic carbocycles. The van der Waals surface area contributed by atoms with Crippen molar-refractivity contribution in [1.82, 2.24) is 4.98 Å². The van der Waals surface area contributed by atoms with Crippen LogP contribution in [0.5, 0.6) is 0 Å². The monoisotopic (exact) mass is 298 g/mol. The van der Waals surface area contributed by atoms with E-state index >= 15 is 0 Å². The van der Waals surface area contributed by atoms with E-state index in [9.17, 15) is 9.18 Å². The van der Waals surface area contributed by atoms with Crippen LogP contribution >= 0.6 is 11.6 Å². The third kappa shape index (κ3) is 2.08. The summed E-state index contributed by atoms with van der Waals surface area (Å²) in [5.41, 5.74) is 1.43. The van der Waals surface area contributed by atoms with Gasteiger partial charge in [-0.2, -0.15) is 5.26 Å². The largest absolute Gasteiger partial charge is 0.360 e. The Morgan fingerprint density at radius 3 is 2.71 bits per heavy atom. The molecule has 1 N–H and O–H groups in total. The first-order chi connectivity index (χ1) is 10.1. The third-order valence-electron chi connectivity index (χ3n) is 3.27. The van der Waals surface area contributed by atoms with Gasteiger partial charge in [0.25, 0.3) is 0 Å². The number of aromatic nitrogens is 1. The van der Waals surface area contributed by atoms with Gasteiger partial charge < -0.3 is 4.98 Å². The minimum Gasteiger partial charge on any atom is -0.360 e. The van der Waals surface area contributed by atoms with Gasteiger partial charge in [0.05, 0.1) is 16.7 Å². The number of carbonyl (C=O) groups is 1. The summed E-state index contributed by atoms with van der Waals surface area (Å²) in [6, 6.07) is 11.2. The number of aromatic amines is 1. The summed E-state index contributed by atoms with van der Waals surface area (Å²) >= 11 is 5.86. The van der Waals surface area contributed by atoms with E-state index in [0.29, 0.717) is 22.0 Å². The maximum absolute atomic E-state index is 13.5. The number of benzene rings is 2. The predicted octanol–water partition coefficient (Wildman–Crippen LogP) is 4.06. The number of nitrogens with one attached hydrogen (secondary N) is 1. The van der Waals surface area contributed by atoms with Gasteiger partial charge in [-0.25, -0.2) is 4.39 Å². The fourth-order valence-electron chi connectivity index (χ4n) is 2.28. The summed E-state index contributed by atoms with van der Waals surface area (Å²) in [5, 5.41) is 9.47. The molecular formula is C16H8ClFN2O. The van der Waals surface area contributed by atoms with Crippen molar-refractivity contribution in [3.8, 4) is 6.07 Å². The number of hydrogen-bond donors (Lipinski definition) is 1. The second-order valence-corrected chi connectivity index (χ2v) is 4.85. The summed E-state index contributed by atoms with van der Waals surface area (Å²) in [5.74, 6) is -1.07. The number of hydrogen-bond acceptors (Lipinski definition) is 2. The summed E-state index contributed by atoms with van der Waals surface area (Å²) in [6.45, 7) is 0.